The van der Waals surface area contributed by atoms with Crippen LogP contribution in [0.5, 0.6) is 5.75 Å². The Balaban J connectivity index is 1.26. The molecule has 0 aliphatic carbocycles. The normalized spacial score (nSPS) is 24.0. The second kappa shape index (κ2) is 12.5. The van der Waals surface area contributed by atoms with Gasteiger partial charge in [-0.1, -0.05) is 43.3 Å². The number of hydrogen-bond donors (Lipinski definition) is 1. The van der Waals surface area contributed by atoms with E-state index >= 15 is 4.11 Å². The minimum absolute atomic E-state index is 0.0141. The van der Waals surface area contributed by atoms with Gasteiger partial charge in [-0.2, -0.15) is 0 Å². The van der Waals surface area contributed by atoms with Crippen LogP contribution in [0, 0.1) is 5.92 Å². The summed E-state index contributed by atoms with van der Waals surface area (Å²) in [5.41, 5.74) is 3.58. The van der Waals surface area contributed by atoms with Gasteiger partial charge in [-0.25, -0.2) is 0 Å². The number of amides is 1. The summed E-state index contributed by atoms with van der Waals surface area (Å²) in [6.07, 6.45) is 3.25. The number of aromatic nitrogens is 1. The molecule has 5 rings (SSSR count). The molecule has 3 heterocycles. The van der Waals surface area contributed by atoms with Crippen LogP contribution in [0.4, 0.5) is 4.11 Å². The summed E-state index contributed by atoms with van der Waals surface area (Å²) in [4.78, 5) is 27.9. The highest BCUT2D eigenvalue weighted by molar-refractivity contribution is 6.72. The van der Waals surface area contributed by atoms with Crippen LogP contribution in [-0.4, -0.2) is 60.9 Å². The van der Waals surface area contributed by atoms with E-state index in [9.17, 15) is 14.7 Å². The predicted octanol–water partition coefficient (Wildman–Crippen LogP) is 5.06. The van der Waals surface area contributed by atoms with Crippen molar-refractivity contribution in [1.82, 2.24) is 9.47 Å². The van der Waals surface area contributed by atoms with Crippen LogP contribution >= 0.6 is 0 Å². The lowest BCUT2D eigenvalue weighted by molar-refractivity contribution is -0.138. The fourth-order valence-electron chi connectivity index (χ4n) is 6.87. The van der Waals surface area contributed by atoms with E-state index in [1.54, 1.807) is 40.9 Å². The number of benzene rings is 2. The molecule has 2 aliphatic heterocycles. The highest BCUT2D eigenvalue weighted by Crippen LogP contribution is 2.47. The summed E-state index contributed by atoms with van der Waals surface area (Å²) >= 11 is 0. The van der Waals surface area contributed by atoms with Crippen LogP contribution in [0.2, 0.25) is 18.6 Å². The molecule has 42 heavy (non-hydrogen) atoms. The second-order valence-corrected chi connectivity index (χ2v) is 15.9. The lowest BCUT2D eigenvalue weighted by Gasteiger charge is -2.37. The van der Waals surface area contributed by atoms with E-state index in [1.165, 1.54) is 7.11 Å². The standard InChI is InChI=1S/C33H41FN2O5Si/c1-22-28(16-13-23-11-14-26(15-12-23)35-17-7-10-29(40-2)33(35)39)41-30(32(22)42(3,4)34)19-31(38)36-20-25-9-6-5-8-24(25)18-27(36)21-37/h5-12,14-15,17,22,27-28,30,32,37H,13,16,18-21H2,1-4H3/t22-,27-,28+,30-,32+/m0/s1. The largest absolute Gasteiger partial charge is 0.491 e. The Bertz CT molecular complexity index is 1450. The summed E-state index contributed by atoms with van der Waals surface area (Å²) in [6, 6.07) is 19.0. The van der Waals surface area contributed by atoms with Crippen molar-refractivity contribution in [3.63, 3.8) is 0 Å². The molecular weight excluding hydrogens is 551 g/mol. The van der Waals surface area contributed by atoms with Crippen molar-refractivity contribution < 1.29 is 23.5 Å². The number of nitrogens with zero attached hydrogens (tertiary/aromatic N) is 2. The molecule has 0 radical (unpaired) electrons. The molecule has 5 atom stereocenters. The number of methoxy groups -OCH3 is 1. The molecule has 1 saturated heterocycles. The van der Waals surface area contributed by atoms with Gasteiger partial charge in [0.1, 0.15) is 0 Å². The monoisotopic (exact) mass is 592 g/mol. The van der Waals surface area contributed by atoms with Crippen LogP contribution < -0.4 is 10.3 Å². The molecule has 0 saturated carbocycles. The van der Waals surface area contributed by atoms with Crippen molar-refractivity contribution in [1.29, 1.82) is 0 Å². The molecule has 7 nitrogen and oxygen atoms in total. The number of aryl methyl sites for hydroxylation is 1. The summed E-state index contributed by atoms with van der Waals surface area (Å²) in [5, 5.41) is 10.1. The fourth-order valence-corrected chi connectivity index (χ4v) is 9.42. The number of fused-ring (bicyclic) bond motifs is 1. The average molecular weight is 593 g/mol. The Kier molecular flexibility index (Phi) is 9.01. The van der Waals surface area contributed by atoms with Gasteiger partial charge < -0.3 is 23.6 Å². The first-order chi connectivity index (χ1) is 20.1. The van der Waals surface area contributed by atoms with Gasteiger partial charge in [0.25, 0.3) is 5.56 Å². The topological polar surface area (TPSA) is 81.0 Å². The average Bonchev–Trinajstić information content (AvgIpc) is 3.30. The predicted molar refractivity (Wildman–Crippen MR) is 163 cm³/mol. The zero-order valence-electron chi connectivity index (χ0n) is 24.8. The minimum Gasteiger partial charge on any atom is -0.491 e. The number of carbonyl (C=O) groups excluding carboxylic acids is 1. The van der Waals surface area contributed by atoms with E-state index in [2.05, 4.69) is 6.92 Å². The highest BCUT2D eigenvalue weighted by Gasteiger charge is 2.52. The van der Waals surface area contributed by atoms with Crippen molar-refractivity contribution >= 4 is 14.3 Å². The molecule has 1 aromatic heterocycles. The molecule has 0 bridgehead atoms. The van der Waals surface area contributed by atoms with E-state index < -0.39 is 14.5 Å². The summed E-state index contributed by atoms with van der Waals surface area (Å²) < 4.78 is 28.9. The first-order valence-corrected chi connectivity index (χ1v) is 17.7. The summed E-state index contributed by atoms with van der Waals surface area (Å²) in [5.74, 6) is 0.181. The van der Waals surface area contributed by atoms with Gasteiger partial charge in [0.2, 0.25) is 14.3 Å². The van der Waals surface area contributed by atoms with E-state index in [1.807, 2.05) is 48.5 Å². The van der Waals surface area contributed by atoms with E-state index in [0.717, 1.165) is 28.8 Å². The number of aliphatic hydroxyl groups is 1. The third kappa shape index (κ3) is 6.23. The van der Waals surface area contributed by atoms with Gasteiger partial charge in [-0.3, -0.25) is 14.2 Å². The van der Waals surface area contributed by atoms with Gasteiger partial charge in [0.15, 0.2) is 5.75 Å². The Hall–Kier alpha value is -3.27. The van der Waals surface area contributed by atoms with Gasteiger partial charge in [-0.15, -0.1) is 0 Å². The lowest BCUT2D eigenvalue weighted by atomic mass is 9.93. The van der Waals surface area contributed by atoms with Gasteiger partial charge >= 0.3 is 0 Å². The van der Waals surface area contributed by atoms with Gasteiger partial charge in [0.05, 0.1) is 38.4 Å². The Morgan fingerprint density at radius 1 is 1.07 bits per heavy atom. The molecule has 2 aromatic carbocycles. The summed E-state index contributed by atoms with van der Waals surface area (Å²) in [6.45, 7) is 5.82. The third-order valence-corrected chi connectivity index (χ3v) is 11.5. The van der Waals surface area contributed by atoms with E-state index in [4.69, 9.17) is 9.47 Å². The molecule has 224 valence electrons. The van der Waals surface area contributed by atoms with Gasteiger partial charge in [0, 0.05) is 24.0 Å². The fraction of sp³-hybridized carbons (Fsp3) is 0.455. The van der Waals surface area contributed by atoms with Crippen molar-refractivity contribution in [3.8, 4) is 11.4 Å². The van der Waals surface area contributed by atoms with Crippen molar-refractivity contribution in [2.75, 3.05) is 13.7 Å². The molecule has 3 aromatic rings. The summed E-state index contributed by atoms with van der Waals surface area (Å²) in [7, 11) is -1.67. The zero-order valence-corrected chi connectivity index (χ0v) is 25.8. The maximum Gasteiger partial charge on any atom is 0.297 e. The number of carbonyl (C=O) groups is 1. The molecule has 0 spiro atoms. The maximum atomic E-state index is 15.7. The van der Waals surface area contributed by atoms with Crippen LogP contribution in [0.1, 0.15) is 36.5 Å². The highest BCUT2D eigenvalue weighted by atomic mass is 28.4. The molecule has 1 fully saturated rings. The molecule has 9 heteroatoms. The van der Waals surface area contributed by atoms with Crippen molar-refractivity contribution in [2.45, 2.75) is 76.0 Å². The number of pyridine rings is 1. The molecule has 2 aliphatic rings. The SMILES string of the molecule is COc1cccn(-c2ccc(CC[C@H]3O[C@@H](CC(=O)N4Cc5ccccc5C[C@H]4CO)[C@H]([Si](C)(C)F)[C@H]3C)cc2)c1=O. The number of ether oxygens (including phenoxy) is 2. The number of halogens is 1. The molecular formula is C33H41FN2O5Si. The Morgan fingerprint density at radius 3 is 2.45 bits per heavy atom. The van der Waals surface area contributed by atoms with Gasteiger partial charge in [-0.05, 0) is 79.2 Å². The first-order valence-electron chi connectivity index (χ1n) is 14.8. The molecule has 1 N–H and O–H groups in total. The Labute approximate surface area is 248 Å². The zero-order chi connectivity index (χ0) is 30.0. The first kappa shape index (κ1) is 30.2. The third-order valence-electron chi connectivity index (χ3n) is 9.02. The maximum absolute atomic E-state index is 15.7. The molecule has 0 unspecified atom stereocenters. The quantitative estimate of drug-likeness (QED) is 0.278. The number of aliphatic hydroxyl groups excluding tert-OH is 1. The van der Waals surface area contributed by atoms with Crippen molar-refractivity contribution in [2.24, 2.45) is 5.92 Å². The Morgan fingerprint density at radius 2 is 1.79 bits per heavy atom. The minimum atomic E-state index is -3.15. The smallest absolute Gasteiger partial charge is 0.297 e. The second-order valence-electron chi connectivity index (χ2n) is 12.2. The van der Waals surface area contributed by atoms with Crippen LogP contribution in [-0.2, 0) is 28.9 Å². The van der Waals surface area contributed by atoms with Crippen LogP contribution in [0.15, 0.2) is 71.7 Å². The lowest BCUT2D eigenvalue weighted by Crippen LogP contribution is -2.48. The van der Waals surface area contributed by atoms with Crippen LogP contribution in [0.25, 0.3) is 5.69 Å². The number of rotatable bonds is 9. The van der Waals surface area contributed by atoms with Crippen LogP contribution in [0.3, 0.4) is 0 Å². The number of hydrogen-bond acceptors (Lipinski definition) is 5. The van der Waals surface area contributed by atoms with E-state index in [0.29, 0.717) is 19.4 Å². The van der Waals surface area contributed by atoms with E-state index in [-0.39, 0.29) is 53.8 Å². The molecule has 1 amide bonds. The van der Waals surface area contributed by atoms with Crippen molar-refractivity contribution in [3.05, 3.63) is 93.9 Å².